The Labute approximate surface area is 271 Å². The maximum atomic E-state index is 6.16. The van der Waals surface area contributed by atoms with Crippen LogP contribution in [0.25, 0.3) is 66.5 Å². The second kappa shape index (κ2) is 11.2. The van der Waals surface area contributed by atoms with Crippen LogP contribution < -0.4 is 4.90 Å². The number of furan rings is 2. The molecule has 0 aliphatic carbocycles. The normalized spacial score (nSPS) is 11.4. The van der Waals surface area contributed by atoms with Crippen LogP contribution in [0, 0.1) is 0 Å². The second-order valence-electron chi connectivity index (χ2n) is 11.7. The lowest BCUT2D eigenvalue weighted by Gasteiger charge is -2.26. The molecule has 0 fully saturated rings. The number of pyridine rings is 1. The van der Waals surface area contributed by atoms with Crippen LogP contribution in [0.2, 0.25) is 0 Å². The van der Waals surface area contributed by atoms with Crippen molar-refractivity contribution in [2.75, 3.05) is 4.90 Å². The van der Waals surface area contributed by atoms with Crippen molar-refractivity contribution in [2.45, 2.75) is 0 Å². The van der Waals surface area contributed by atoms with Gasteiger partial charge in [-0.3, -0.25) is 4.98 Å². The summed E-state index contributed by atoms with van der Waals surface area (Å²) in [7, 11) is 0. The predicted octanol–water partition coefficient (Wildman–Crippen LogP) is 12.2. The lowest BCUT2D eigenvalue weighted by molar-refractivity contribution is 0.631. The Balaban J connectivity index is 1.09. The molecule has 0 unspecified atom stereocenters. The summed E-state index contributed by atoms with van der Waals surface area (Å²) < 4.78 is 12.3. The summed E-state index contributed by atoms with van der Waals surface area (Å²) in [5.41, 5.74) is 9.31. The number of hydrogen-bond donors (Lipinski definition) is 0. The van der Waals surface area contributed by atoms with E-state index in [-0.39, 0.29) is 0 Å². The molecular weight excluding hydrogens is 576 g/mol. The molecule has 0 saturated carbocycles. The minimum Gasteiger partial charge on any atom is -0.456 e. The highest BCUT2D eigenvalue weighted by Crippen LogP contribution is 2.39. The van der Waals surface area contributed by atoms with Crippen LogP contribution in [0.3, 0.4) is 0 Å². The molecule has 3 heterocycles. The van der Waals surface area contributed by atoms with Gasteiger partial charge in [-0.05, 0) is 114 Å². The minimum atomic E-state index is 0.856. The Morgan fingerprint density at radius 2 is 0.872 bits per heavy atom. The number of benzene rings is 6. The Morgan fingerprint density at radius 1 is 0.383 bits per heavy atom. The Morgan fingerprint density at radius 3 is 1.40 bits per heavy atom. The van der Waals surface area contributed by atoms with Gasteiger partial charge in [-0.1, -0.05) is 60.7 Å². The van der Waals surface area contributed by atoms with E-state index in [1.807, 2.05) is 54.9 Å². The van der Waals surface area contributed by atoms with E-state index in [4.69, 9.17) is 8.83 Å². The largest absolute Gasteiger partial charge is 0.456 e. The van der Waals surface area contributed by atoms with E-state index >= 15 is 0 Å². The summed E-state index contributed by atoms with van der Waals surface area (Å²) >= 11 is 0. The van der Waals surface area contributed by atoms with Crippen molar-refractivity contribution in [3.8, 4) is 33.8 Å². The second-order valence-corrected chi connectivity index (χ2v) is 11.7. The topological polar surface area (TPSA) is 42.4 Å². The van der Waals surface area contributed by atoms with Gasteiger partial charge in [0.15, 0.2) is 0 Å². The van der Waals surface area contributed by atoms with E-state index in [2.05, 4.69) is 125 Å². The van der Waals surface area contributed by atoms with Crippen molar-refractivity contribution in [3.63, 3.8) is 0 Å². The van der Waals surface area contributed by atoms with Crippen molar-refractivity contribution in [1.29, 1.82) is 0 Å². The van der Waals surface area contributed by atoms with Crippen molar-refractivity contribution in [1.82, 2.24) is 4.98 Å². The summed E-state index contributed by atoms with van der Waals surface area (Å²) in [6, 6.07) is 54.8. The maximum Gasteiger partial charge on any atom is 0.135 e. The summed E-state index contributed by atoms with van der Waals surface area (Å²) in [4.78, 5) is 6.58. The average Bonchev–Trinajstić information content (AvgIpc) is 3.78. The van der Waals surface area contributed by atoms with Crippen LogP contribution in [0.15, 0.2) is 179 Å². The van der Waals surface area contributed by atoms with Crippen molar-refractivity contribution in [3.05, 3.63) is 170 Å². The molecule has 0 aliphatic heterocycles. The van der Waals surface area contributed by atoms with Gasteiger partial charge in [0.2, 0.25) is 0 Å². The first-order valence-electron chi connectivity index (χ1n) is 15.7. The van der Waals surface area contributed by atoms with Gasteiger partial charge >= 0.3 is 0 Å². The third-order valence-electron chi connectivity index (χ3n) is 8.77. The summed E-state index contributed by atoms with van der Waals surface area (Å²) in [5, 5.41) is 4.51. The molecule has 9 aromatic rings. The summed E-state index contributed by atoms with van der Waals surface area (Å²) in [5.74, 6) is 1.71. The number of hydrogen-bond acceptors (Lipinski definition) is 4. The Bertz CT molecular complexity index is 2320. The number of para-hydroxylation sites is 2. The average molecular weight is 605 g/mol. The first-order valence-corrected chi connectivity index (χ1v) is 15.7. The first kappa shape index (κ1) is 27.0. The van der Waals surface area contributed by atoms with Gasteiger partial charge in [0.25, 0.3) is 0 Å². The van der Waals surface area contributed by atoms with Crippen LogP contribution in [0.4, 0.5) is 17.1 Å². The molecule has 9 rings (SSSR count). The number of anilines is 3. The van der Waals surface area contributed by atoms with E-state index in [1.165, 1.54) is 5.39 Å². The fourth-order valence-electron chi connectivity index (χ4n) is 6.31. The molecule has 0 amide bonds. The van der Waals surface area contributed by atoms with Crippen LogP contribution in [-0.2, 0) is 0 Å². The van der Waals surface area contributed by atoms with E-state index in [0.717, 1.165) is 78.2 Å². The quantitative estimate of drug-likeness (QED) is 0.189. The number of fused-ring (bicyclic) bond motifs is 3. The fraction of sp³-hybridized carbons (Fsp3) is 0. The highest BCUT2D eigenvalue weighted by molar-refractivity contribution is 5.88. The van der Waals surface area contributed by atoms with Gasteiger partial charge in [-0.2, -0.15) is 0 Å². The lowest BCUT2D eigenvalue weighted by atomic mass is 10.0. The zero-order valence-electron chi connectivity index (χ0n) is 25.4. The molecule has 47 heavy (non-hydrogen) atoms. The van der Waals surface area contributed by atoms with Crippen LogP contribution >= 0.6 is 0 Å². The lowest BCUT2D eigenvalue weighted by Crippen LogP contribution is -2.09. The third-order valence-corrected chi connectivity index (χ3v) is 8.77. The summed E-state index contributed by atoms with van der Waals surface area (Å²) in [6.45, 7) is 0. The molecule has 4 nitrogen and oxygen atoms in total. The van der Waals surface area contributed by atoms with E-state index in [0.29, 0.717) is 0 Å². The van der Waals surface area contributed by atoms with Crippen molar-refractivity contribution < 1.29 is 8.83 Å². The molecule has 0 spiro atoms. The van der Waals surface area contributed by atoms with Crippen LogP contribution in [-0.4, -0.2) is 4.98 Å². The molecule has 0 N–H and O–H groups in total. The maximum absolute atomic E-state index is 6.16. The molecule has 4 heteroatoms. The Hall–Kier alpha value is -6.39. The van der Waals surface area contributed by atoms with E-state index in [9.17, 15) is 0 Å². The van der Waals surface area contributed by atoms with Gasteiger partial charge in [0.1, 0.15) is 22.7 Å². The molecule has 6 aromatic carbocycles. The number of aromatic nitrogens is 1. The number of nitrogens with zero attached hydrogens (tertiary/aromatic N) is 2. The van der Waals surface area contributed by atoms with Crippen LogP contribution in [0.5, 0.6) is 0 Å². The molecule has 0 saturated heterocycles. The molecule has 0 aliphatic rings. The highest BCUT2D eigenvalue weighted by atomic mass is 16.3. The van der Waals surface area contributed by atoms with Crippen LogP contribution in [0.1, 0.15) is 0 Å². The molecule has 0 atom stereocenters. The van der Waals surface area contributed by atoms with Crippen molar-refractivity contribution in [2.24, 2.45) is 0 Å². The predicted molar refractivity (Wildman–Crippen MR) is 192 cm³/mol. The third kappa shape index (κ3) is 5.02. The van der Waals surface area contributed by atoms with Gasteiger partial charge in [-0.25, -0.2) is 0 Å². The van der Waals surface area contributed by atoms with Gasteiger partial charge in [-0.15, -0.1) is 0 Å². The SMILES string of the molecule is c1ccc2oc(-c3ccc(N(c4ccc(-c5ccc6ccncc6c5)cc4)c4ccc(-c5cc6ccccc6o5)cc4)cc3)cc2c1. The minimum absolute atomic E-state index is 0.856. The standard InChI is InChI=1S/C43H28N2O2/c1-3-7-40-34(5-1)26-42(46-40)31-13-19-38(20-14-31)45(39-21-15-32(16-22-39)43-27-35-6-2-4-8-41(35)47-43)37-17-11-29(12-18-37)33-10-9-30-23-24-44-28-36(30)25-33/h1-28H. The molecule has 222 valence electrons. The molecule has 0 radical (unpaired) electrons. The summed E-state index contributed by atoms with van der Waals surface area (Å²) in [6.07, 6.45) is 3.75. The van der Waals surface area contributed by atoms with Gasteiger partial charge in [0, 0.05) is 56.7 Å². The van der Waals surface area contributed by atoms with Gasteiger partial charge < -0.3 is 13.7 Å². The molecule has 3 aromatic heterocycles. The van der Waals surface area contributed by atoms with Gasteiger partial charge in [0.05, 0.1) is 0 Å². The zero-order valence-corrected chi connectivity index (χ0v) is 25.4. The van der Waals surface area contributed by atoms with E-state index in [1.54, 1.807) is 0 Å². The molecule has 0 bridgehead atoms. The number of rotatable bonds is 6. The van der Waals surface area contributed by atoms with E-state index < -0.39 is 0 Å². The Kier molecular flexibility index (Phi) is 6.43. The fourth-order valence-corrected chi connectivity index (χ4v) is 6.31. The molecular formula is C43H28N2O2. The smallest absolute Gasteiger partial charge is 0.135 e. The first-order chi connectivity index (χ1) is 23.2. The highest BCUT2D eigenvalue weighted by Gasteiger charge is 2.15. The van der Waals surface area contributed by atoms with Crippen molar-refractivity contribution >= 4 is 49.8 Å². The zero-order chi connectivity index (χ0) is 31.2. The monoisotopic (exact) mass is 604 g/mol.